The minimum atomic E-state index is 0.0442. The average molecular weight is 454 g/mol. The van der Waals surface area contributed by atoms with Gasteiger partial charge in [-0.05, 0) is 25.0 Å². The number of aromatic nitrogens is 3. The first-order valence-corrected chi connectivity index (χ1v) is 11.9. The molecule has 0 unspecified atom stereocenters. The van der Waals surface area contributed by atoms with Crippen LogP contribution in [0.3, 0.4) is 0 Å². The van der Waals surface area contributed by atoms with E-state index >= 15 is 0 Å². The number of nitrogens with zero attached hydrogens (tertiary/aromatic N) is 4. The quantitative estimate of drug-likeness (QED) is 0.586. The Kier molecular flexibility index (Phi) is 6.18. The normalized spacial score (nSPS) is 21.3. The van der Waals surface area contributed by atoms with Crippen molar-refractivity contribution in [3.05, 3.63) is 42.4 Å². The van der Waals surface area contributed by atoms with Crippen molar-refractivity contribution in [1.29, 1.82) is 0 Å². The third kappa shape index (κ3) is 4.54. The second kappa shape index (κ2) is 9.38. The third-order valence-electron chi connectivity index (χ3n) is 6.19. The molecule has 9 heteroatoms. The lowest BCUT2D eigenvalue weighted by atomic mass is 9.89. The highest BCUT2D eigenvalue weighted by Crippen LogP contribution is 2.35. The third-order valence-corrected chi connectivity index (χ3v) is 7.16. The summed E-state index contributed by atoms with van der Waals surface area (Å²) >= 11 is 1.69. The van der Waals surface area contributed by atoms with E-state index in [1.807, 2.05) is 23.1 Å². The van der Waals surface area contributed by atoms with Crippen molar-refractivity contribution in [3.8, 4) is 5.88 Å². The molecule has 2 fully saturated rings. The maximum atomic E-state index is 12.1. The standard InChI is InChI=1S/C23H27N5O3S/c1-30-14-20(29)28-10-6-15(7-11-28)21-22(25-9-8-24-21)31-17-12-16(13-17)26-23-27-18-4-2-3-5-19(18)32-23/h2-5,8-9,15-17H,6-7,10-14H2,1H3,(H,26,27)/t16-,17+. The summed E-state index contributed by atoms with van der Waals surface area (Å²) in [5.74, 6) is 0.933. The number of rotatable bonds is 7. The second-order valence-corrected chi connectivity index (χ2v) is 9.40. The maximum absolute atomic E-state index is 12.1. The van der Waals surface area contributed by atoms with Crippen LogP contribution in [0.15, 0.2) is 36.7 Å². The number of carbonyl (C=O) groups is 1. The van der Waals surface area contributed by atoms with Gasteiger partial charge in [0.25, 0.3) is 0 Å². The van der Waals surface area contributed by atoms with Crippen LogP contribution in [-0.4, -0.2) is 64.7 Å². The zero-order valence-electron chi connectivity index (χ0n) is 18.1. The number of nitrogens with one attached hydrogen (secondary N) is 1. The van der Waals surface area contributed by atoms with Crippen LogP contribution in [0.4, 0.5) is 5.13 Å². The molecule has 0 radical (unpaired) electrons. The van der Waals surface area contributed by atoms with E-state index in [4.69, 9.17) is 9.47 Å². The largest absolute Gasteiger partial charge is 0.473 e. The Hall–Kier alpha value is -2.78. The lowest BCUT2D eigenvalue weighted by Gasteiger charge is -2.36. The molecule has 3 aromatic rings. The van der Waals surface area contributed by atoms with Gasteiger partial charge in [-0.2, -0.15) is 0 Å². The number of thiazole rings is 1. The van der Waals surface area contributed by atoms with Gasteiger partial charge in [0.1, 0.15) is 18.4 Å². The van der Waals surface area contributed by atoms with Crippen molar-refractivity contribution in [1.82, 2.24) is 19.9 Å². The lowest BCUT2D eigenvalue weighted by Crippen LogP contribution is -2.43. The molecule has 5 rings (SSSR count). The maximum Gasteiger partial charge on any atom is 0.248 e. The van der Waals surface area contributed by atoms with E-state index in [1.54, 1.807) is 30.8 Å². The minimum Gasteiger partial charge on any atom is -0.473 e. The molecule has 168 valence electrons. The molecular formula is C23H27N5O3S. The number of hydrogen-bond acceptors (Lipinski definition) is 8. The van der Waals surface area contributed by atoms with Crippen molar-refractivity contribution in [2.75, 3.05) is 32.1 Å². The Bertz CT molecular complexity index is 1040. The Balaban J connectivity index is 1.15. The Morgan fingerprint density at radius 3 is 2.75 bits per heavy atom. The molecular weight excluding hydrogens is 426 g/mol. The number of likely N-dealkylation sites (tertiary alicyclic amines) is 1. The fourth-order valence-electron chi connectivity index (χ4n) is 4.37. The predicted molar refractivity (Wildman–Crippen MR) is 123 cm³/mol. The van der Waals surface area contributed by atoms with Gasteiger partial charge >= 0.3 is 0 Å². The first-order chi connectivity index (χ1) is 15.7. The van der Waals surface area contributed by atoms with Crippen LogP contribution < -0.4 is 10.1 Å². The van der Waals surface area contributed by atoms with E-state index in [1.165, 1.54) is 4.70 Å². The van der Waals surface area contributed by atoms with Crippen LogP contribution in [0.5, 0.6) is 5.88 Å². The summed E-state index contributed by atoms with van der Waals surface area (Å²) in [4.78, 5) is 27.6. The van der Waals surface area contributed by atoms with Crippen LogP contribution in [0.25, 0.3) is 10.2 Å². The molecule has 0 bridgehead atoms. The van der Waals surface area contributed by atoms with Crippen molar-refractivity contribution < 1.29 is 14.3 Å². The molecule has 0 spiro atoms. The summed E-state index contributed by atoms with van der Waals surface area (Å²) in [6, 6.07) is 8.54. The molecule has 32 heavy (non-hydrogen) atoms. The van der Waals surface area contributed by atoms with Gasteiger partial charge in [-0.15, -0.1) is 0 Å². The summed E-state index contributed by atoms with van der Waals surface area (Å²) < 4.78 is 12.4. The topological polar surface area (TPSA) is 89.5 Å². The second-order valence-electron chi connectivity index (χ2n) is 8.37. The van der Waals surface area contributed by atoms with E-state index in [0.29, 0.717) is 25.0 Å². The molecule has 2 aromatic heterocycles. The predicted octanol–water partition coefficient (Wildman–Crippen LogP) is 3.46. The number of ether oxygens (including phenoxy) is 2. The van der Waals surface area contributed by atoms with Crippen LogP contribution >= 0.6 is 11.3 Å². The van der Waals surface area contributed by atoms with Gasteiger partial charge in [-0.25, -0.2) is 9.97 Å². The molecule has 1 amide bonds. The van der Waals surface area contributed by atoms with E-state index in [-0.39, 0.29) is 24.5 Å². The molecule has 1 saturated carbocycles. The highest BCUT2D eigenvalue weighted by molar-refractivity contribution is 7.22. The van der Waals surface area contributed by atoms with E-state index in [2.05, 4.69) is 26.3 Å². The number of piperidine rings is 1. The number of anilines is 1. The Morgan fingerprint density at radius 1 is 1.19 bits per heavy atom. The van der Waals surface area contributed by atoms with Gasteiger partial charge in [-0.3, -0.25) is 9.78 Å². The number of methoxy groups -OCH3 is 1. The van der Waals surface area contributed by atoms with E-state index < -0.39 is 0 Å². The van der Waals surface area contributed by atoms with Gasteiger partial charge in [0.05, 0.1) is 10.2 Å². The van der Waals surface area contributed by atoms with E-state index in [9.17, 15) is 4.79 Å². The summed E-state index contributed by atoms with van der Waals surface area (Å²) in [6.45, 7) is 1.55. The van der Waals surface area contributed by atoms with Crippen molar-refractivity contribution in [2.45, 2.75) is 43.7 Å². The number of benzene rings is 1. The van der Waals surface area contributed by atoms with Crippen LogP contribution in [0.1, 0.15) is 37.3 Å². The molecule has 8 nitrogen and oxygen atoms in total. The zero-order valence-corrected chi connectivity index (χ0v) is 18.9. The number of fused-ring (bicyclic) bond motifs is 1. The SMILES string of the molecule is COCC(=O)N1CCC(c2nccnc2O[C@H]2C[C@@H](Nc3nc4ccccc4s3)C2)CC1. The summed E-state index contributed by atoms with van der Waals surface area (Å²) in [6.07, 6.45) is 7.08. The summed E-state index contributed by atoms with van der Waals surface area (Å²) in [7, 11) is 1.55. The van der Waals surface area contributed by atoms with Crippen molar-refractivity contribution >= 4 is 32.6 Å². The van der Waals surface area contributed by atoms with Crippen LogP contribution in [-0.2, 0) is 9.53 Å². The fourth-order valence-corrected chi connectivity index (χ4v) is 5.31. The molecule has 2 aliphatic rings. The summed E-state index contributed by atoms with van der Waals surface area (Å²) in [5.41, 5.74) is 1.94. The highest BCUT2D eigenvalue weighted by Gasteiger charge is 2.34. The molecule has 1 saturated heterocycles. The monoisotopic (exact) mass is 453 g/mol. The molecule has 1 aliphatic heterocycles. The minimum absolute atomic E-state index is 0.0442. The molecule has 3 heterocycles. The number of hydrogen-bond donors (Lipinski definition) is 1. The molecule has 1 aromatic carbocycles. The van der Waals surface area contributed by atoms with Gasteiger partial charge in [0, 0.05) is 57.4 Å². The smallest absolute Gasteiger partial charge is 0.248 e. The Morgan fingerprint density at radius 2 is 1.97 bits per heavy atom. The summed E-state index contributed by atoms with van der Waals surface area (Å²) in [5, 5.41) is 4.49. The van der Waals surface area contributed by atoms with E-state index in [0.717, 1.165) is 42.0 Å². The average Bonchev–Trinajstić information content (AvgIpc) is 3.21. The first-order valence-electron chi connectivity index (χ1n) is 11.1. The Labute approximate surface area is 191 Å². The zero-order chi connectivity index (χ0) is 21.9. The number of amides is 1. The molecule has 1 aliphatic carbocycles. The van der Waals surface area contributed by atoms with Gasteiger partial charge in [-0.1, -0.05) is 23.5 Å². The fraction of sp³-hybridized carbons (Fsp3) is 0.478. The molecule has 0 atom stereocenters. The van der Waals surface area contributed by atoms with Crippen LogP contribution in [0.2, 0.25) is 0 Å². The van der Waals surface area contributed by atoms with Crippen LogP contribution in [0, 0.1) is 0 Å². The lowest BCUT2D eigenvalue weighted by molar-refractivity contribution is -0.136. The van der Waals surface area contributed by atoms with Gasteiger partial charge < -0.3 is 19.7 Å². The van der Waals surface area contributed by atoms with Crippen molar-refractivity contribution in [2.24, 2.45) is 0 Å². The number of carbonyl (C=O) groups excluding carboxylic acids is 1. The first kappa shape index (κ1) is 21.1. The van der Waals surface area contributed by atoms with Gasteiger partial charge in [0.15, 0.2) is 5.13 Å². The molecule has 1 N–H and O–H groups in total. The van der Waals surface area contributed by atoms with Gasteiger partial charge in [0.2, 0.25) is 11.8 Å². The van der Waals surface area contributed by atoms with Crippen molar-refractivity contribution in [3.63, 3.8) is 0 Å². The number of para-hydroxylation sites is 1. The highest BCUT2D eigenvalue weighted by atomic mass is 32.1.